The first-order chi connectivity index (χ1) is 9.74. The average molecular weight is 293 g/mol. The van der Waals surface area contributed by atoms with Crippen molar-refractivity contribution in [2.75, 3.05) is 25.7 Å². The molecule has 0 saturated carbocycles. The van der Waals surface area contributed by atoms with E-state index in [0.29, 0.717) is 37.0 Å². The summed E-state index contributed by atoms with van der Waals surface area (Å²) >= 11 is 5.53. The lowest BCUT2D eigenvalue weighted by Crippen LogP contribution is -2.10. The van der Waals surface area contributed by atoms with Gasteiger partial charge in [0.2, 0.25) is 0 Å². The van der Waals surface area contributed by atoms with Gasteiger partial charge < -0.3 is 9.47 Å². The zero-order chi connectivity index (χ0) is 14.4. The van der Waals surface area contributed by atoms with Gasteiger partial charge >= 0.3 is 0 Å². The third kappa shape index (κ3) is 3.50. The van der Waals surface area contributed by atoms with Crippen molar-refractivity contribution in [2.24, 2.45) is 0 Å². The maximum Gasteiger partial charge on any atom is 0.163 e. The molecule has 0 amide bonds. The summed E-state index contributed by atoms with van der Waals surface area (Å²) in [7, 11) is 0. The number of hydrogen-bond donors (Lipinski definition) is 0. The van der Waals surface area contributed by atoms with Gasteiger partial charge in [-0.25, -0.2) is 0 Å². The topological polar surface area (TPSA) is 35.5 Å². The number of rotatable bonds is 7. The van der Waals surface area contributed by atoms with E-state index in [9.17, 15) is 4.79 Å². The molecule has 0 aliphatic heterocycles. The highest BCUT2D eigenvalue weighted by molar-refractivity contribution is 6.17. The van der Waals surface area contributed by atoms with Gasteiger partial charge in [-0.1, -0.05) is 30.3 Å². The van der Waals surface area contributed by atoms with Crippen LogP contribution in [0.5, 0.6) is 5.75 Å². The molecule has 0 aliphatic rings. The maximum absolute atomic E-state index is 11.7. The second-order valence-electron chi connectivity index (χ2n) is 4.37. The summed E-state index contributed by atoms with van der Waals surface area (Å²) in [5.74, 6) is 1.09. The normalized spacial score (nSPS) is 10.7. The van der Waals surface area contributed by atoms with Gasteiger partial charge in [-0.05, 0) is 18.4 Å². The minimum absolute atomic E-state index is 0.00701. The van der Waals surface area contributed by atoms with E-state index in [4.69, 9.17) is 21.1 Å². The molecule has 2 rings (SSSR count). The molecule has 0 N–H and O–H groups in total. The van der Waals surface area contributed by atoms with E-state index in [-0.39, 0.29) is 5.78 Å². The number of fused-ring (bicyclic) bond motifs is 1. The summed E-state index contributed by atoms with van der Waals surface area (Å²) in [5, 5.41) is 1.99. The highest BCUT2D eigenvalue weighted by atomic mass is 35.5. The van der Waals surface area contributed by atoms with E-state index in [1.807, 2.05) is 30.3 Å². The van der Waals surface area contributed by atoms with Gasteiger partial charge in [0.25, 0.3) is 0 Å². The lowest BCUT2D eigenvalue weighted by Gasteiger charge is -2.13. The van der Waals surface area contributed by atoms with Crippen molar-refractivity contribution in [3.63, 3.8) is 0 Å². The Morgan fingerprint density at radius 1 is 1.10 bits per heavy atom. The van der Waals surface area contributed by atoms with Crippen molar-refractivity contribution in [1.29, 1.82) is 0 Å². The van der Waals surface area contributed by atoms with Gasteiger partial charge in [0.05, 0.1) is 18.8 Å². The molecular weight excluding hydrogens is 276 g/mol. The summed E-state index contributed by atoms with van der Waals surface area (Å²) in [4.78, 5) is 11.7. The minimum Gasteiger partial charge on any atom is -0.490 e. The molecule has 20 heavy (non-hydrogen) atoms. The molecule has 0 fully saturated rings. The molecule has 0 spiro atoms. The minimum atomic E-state index is -0.00701. The molecule has 0 aliphatic carbocycles. The van der Waals surface area contributed by atoms with Crippen molar-refractivity contribution in [1.82, 2.24) is 0 Å². The Balaban J connectivity index is 2.23. The van der Waals surface area contributed by atoms with Crippen molar-refractivity contribution < 1.29 is 14.3 Å². The number of carbonyl (C=O) groups excluding carboxylic acids is 1. The predicted molar refractivity (Wildman–Crippen MR) is 81.0 cm³/mol. The molecule has 0 aromatic heterocycles. The van der Waals surface area contributed by atoms with Crippen molar-refractivity contribution in [3.05, 3.63) is 42.0 Å². The average Bonchev–Trinajstić information content (AvgIpc) is 2.46. The zero-order valence-corrected chi connectivity index (χ0v) is 12.2. The van der Waals surface area contributed by atoms with Crippen LogP contribution in [0.25, 0.3) is 10.8 Å². The van der Waals surface area contributed by atoms with Gasteiger partial charge in [0.15, 0.2) is 5.78 Å². The second kappa shape index (κ2) is 7.27. The fraction of sp³-hybridized carbons (Fsp3) is 0.312. The van der Waals surface area contributed by atoms with Crippen LogP contribution in [0.4, 0.5) is 0 Å². The summed E-state index contributed by atoms with van der Waals surface area (Å²) in [5.41, 5.74) is 0.598. The van der Waals surface area contributed by atoms with Crippen molar-refractivity contribution >= 4 is 28.2 Å². The maximum atomic E-state index is 11.7. The van der Waals surface area contributed by atoms with Crippen LogP contribution in [-0.4, -0.2) is 31.5 Å². The number of halogens is 1. The van der Waals surface area contributed by atoms with Crippen LogP contribution < -0.4 is 4.74 Å². The first-order valence-corrected chi connectivity index (χ1v) is 7.06. The second-order valence-corrected chi connectivity index (χ2v) is 4.75. The molecule has 4 heteroatoms. The third-order valence-electron chi connectivity index (χ3n) is 2.95. The van der Waals surface area contributed by atoms with Crippen LogP contribution in [0.3, 0.4) is 0 Å². The molecular formula is C16H17ClO3. The molecule has 106 valence electrons. The molecule has 0 heterocycles. The van der Waals surface area contributed by atoms with Crippen LogP contribution in [-0.2, 0) is 4.74 Å². The van der Waals surface area contributed by atoms with E-state index >= 15 is 0 Å². The first-order valence-electron chi connectivity index (χ1n) is 6.53. The van der Waals surface area contributed by atoms with E-state index < -0.39 is 0 Å². The number of benzene rings is 2. The van der Waals surface area contributed by atoms with Gasteiger partial charge in [-0.15, -0.1) is 11.6 Å². The van der Waals surface area contributed by atoms with Gasteiger partial charge in [-0.2, -0.15) is 0 Å². The molecule has 2 aromatic carbocycles. The summed E-state index contributed by atoms with van der Waals surface area (Å²) in [6.07, 6.45) is 0. The molecule has 0 atom stereocenters. The number of carbonyl (C=O) groups is 1. The Bertz CT molecular complexity index is 595. The predicted octanol–water partition coefficient (Wildman–Crippen LogP) is 3.68. The quantitative estimate of drug-likeness (QED) is 0.444. The van der Waals surface area contributed by atoms with E-state index in [2.05, 4.69) is 0 Å². The number of Topliss-reactive ketones (excluding diaryl/α,β-unsaturated/α-hetero) is 1. The largest absolute Gasteiger partial charge is 0.490 e. The lowest BCUT2D eigenvalue weighted by molar-refractivity contribution is 0.0994. The van der Waals surface area contributed by atoms with Crippen LogP contribution in [0, 0.1) is 0 Å². The molecule has 0 saturated heterocycles. The number of hydrogen-bond acceptors (Lipinski definition) is 3. The first kappa shape index (κ1) is 14.8. The SMILES string of the molecule is CC(=O)c1ccc2ccccc2c1OCCOCCCl. The Morgan fingerprint density at radius 3 is 2.65 bits per heavy atom. The van der Waals surface area contributed by atoms with E-state index in [1.165, 1.54) is 0 Å². The lowest BCUT2D eigenvalue weighted by atomic mass is 10.0. The fourth-order valence-electron chi connectivity index (χ4n) is 2.04. The van der Waals surface area contributed by atoms with Gasteiger partial charge in [0.1, 0.15) is 12.4 Å². The number of alkyl halides is 1. The Hall–Kier alpha value is -1.58. The van der Waals surface area contributed by atoms with Gasteiger partial charge in [-0.3, -0.25) is 4.79 Å². The third-order valence-corrected chi connectivity index (χ3v) is 3.11. The van der Waals surface area contributed by atoms with Crippen LogP contribution >= 0.6 is 11.6 Å². The van der Waals surface area contributed by atoms with Crippen LogP contribution in [0.2, 0.25) is 0 Å². The van der Waals surface area contributed by atoms with Crippen molar-refractivity contribution in [2.45, 2.75) is 6.92 Å². The molecule has 0 radical (unpaired) electrons. The summed E-state index contributed by atoms with van der Waals surface area (Å²) < 4.78 is 11.0. The fourth-order valence-corrected chi connectivity index (χ4v) is 2.14. The summed E-state index contributed by atoms with van der Waals surface area (Å²) in [6.45, 7) is 2.89. The Kier molecular flexibility index (Phi) is 5.39. The van der Waals surface area contributed by atoms with E-state index in [1.54, 1.807) is 13.0 Å². The number of ketones is 1. The van der Waals surface area contributed by atoms with Crippen LogP contribution in [0.1, 0.15) is 17.3 Å². The molecule has 0 unspecified atom stereocenters. The highest BCUT2D eigenvalue weighted by Gasteiger charge is 2.12. The Morgan fingerprint density at radius 2 is 1.90 bits per heavy atom. The van der Waals surface area contributed by atoms with Gasteiger partial charge in [0, 0.05) is 11.3 Å². The standard InChI is InChI=1S/C16H17ClO3/c1-12(18)14-7-6-13-4-2-3-5-15(13)16(14)20-11-10-19-9-8-17/h2-7H,8-11H2,1H3. The molecule has 2 aromatic rings. The molecule has 0 bridgehead atoms. The highest BCUT2D eigenvalue weighted by Crippen LogP contribution is 2.30. The zero-order valence-electron chi connectivity index (χ0n) is 11.4. The molecule has 3 nitrogen and oxygen atoms in total. The van der Waals surface area contributed by atoms with E-state index in [0.717, 1.165) is 10.8 Å². The number of ether oxygens (including phenoxy) is 2. The monoisotopic (exact) mass is 292 g/mol. The summed E-state index contributed by atoms with van der Waals surface area (Å²) in [6, 6.07) is 11.6. The van der Waals surface area contributed by atoms with Crippen LogP contribution in [0.15, 0.2) is 36.4 Å². The van der Waals surface area contributed by atoms with Crippen molar-refractivity contribution in [3.8, 4) is 5.75 Å². The Labute approximate surface area is 123 Å². The smallest absolute Gasteiger partial charge is 0.163 e.